The number of rotatable bonds is 6. The van der Waals surface area contributed by atoms with Crippen molar-refractivity contribution in [3.05, 3.63) is 90.0 Å². The van der Waals surface area contributed by atoms with Crippen LogP contribution in [-0.2, 0) is 14.4 Å². The van der Waals surface area contributed by atoms with Crippen molar-refractivity contribution in [2.75, 3.05) is 22.5 Å². The Balaban J connectivity index is 1.62. The number of benzene rings is 3. The molecule has 0 radical (unpaired) electrons. The number of fused-ring (bicyclic) bond motifs is 1. The Morgan fingerprint density at radius 2 is 1.44 bits per heavy atom. The molecule has 0 unspecified atom stereocenters. The van der Waals surface area contributed by atoms with E-state index < -0.39 is 0 Å². The molecule has 4 N–H and O–H groups in total. The summed E-state index contributed by atoms with van der Waals surface area (Å²) in [5.74, 6) is -0.745. The molecule has 0 aliphatic carbocycles. The molecule has 1 heterocycles. The molecule has 160 valence electrons. The molecule has 0 saturated heterocycles. The average molecular weight is 426 g/mol. The van der Waals surface area contributed by atoms with Gasteiger partial charge in [-0.2, -0.15) is 0 Å². The molecule has 3 amide bonds. The van der Waals surface area contributed by atoms with Crippen molar-refractivity contribution in [1.82, 2.24) is 5.32 Å². The van der Waals surface area contributed by atoms with Gasteiger partial charge in [0.1, 0.15) is 0 Å². The third-order valence-electron chi connectivity index (χ3n) is 4.92. The molecule has 0 spiro atoms. The van der Waals surface area contributed by atoms with Crippen molar-refractivity contribution < 1.29 is 14.4 Å². The van der Waals surface area contributed by atoms with E-state index in [-0.39, 0.29) is 24.3 Å². The minimum absolute atomic E-state index is 0.0892. The van der Waals surface area contributed by atoms with Crippen LogP contribution in [0.5, 0.6) is 0 Å². The van der Waals surface area contributed by atoms with Gasteiger partial charge in [-0.05, 0) is 35.9 Å². The third kappa shape index (κ3) is 4.67. The van der Waals surface area contributed by atoms with Gasteiger partial charge in [0.15, 0.2) is 0 Å². The van der Waals surface area contributed by atoms with Crippen LogP contribution in [-0.4, -0.2) is 24.3 Å². The first kappa shape index (κ1) is 20.9. The van der Waals surface area contributed by atoms with Crippen LogP contribution < -0.4 is 21.3 Å². The summed E-state index contributed by atoms with van der Waals surface area (Å²) >= 11 is 0. The monoisotopic (exact) mass is 426 g/mol. The van der Waals surface area contributed by atoms with E-state index in [0.717, 1.165) is 22.5 Å². The molecule has 32 heavy (non-hydrogen) atoms. The second-order valence-electron chi connectivity index (χ2n) is 7.28. The van der Waals surface area contributed by atoms with Crippen LogP contribution in [0, 0.1) is 0 Å². The lowest BCUT2D eigenvalue weighted by Gasteiger charge is -2.15. The summed E-state index contributed by atoms with van der Waals surface area (Å²) in [5, 5.41) is 11.5. The van der Waals surface area contributed by atoms with Crippen LogP contribution >= 0.6 is 0 Å². The Morgan fingerprint density at radius 1 is 0.812 bits per heavy atom. The molecule has 3 aromatic rings. The number of amides is 3. The standard InChI is InChI=1S/C25H22N4O3/c1-16(30)26-15-22(31)27-18-11-13-19(14-12-18)28-24(17-7-3-2-4-8-17)23-20-9-5-6-10-21(20)29-25(23)32/h2-14,28H,15H2,1H3,(H,26,30)(H,27,31)(H,29,32). The van der Waals surface area contributed by atoms with Crippen molar-refractivity contribution >= 4 is 46.1 Å². The highest BCUT2D eigenvalue weighted by Crippen LogP contribution is 2.37. The first-order valence-electron chi connectivity index (χ1n) is 10.1. The van der Waals surface area contributed by atoms with Gasteiger partial charge in [-0.15, -0.1) is 0 Å². The SMILES string of the molecule is CC(=O)NCC(=O)Nc1ccc(NC(=C2C(=O)Nc3ccccc32)c2ccccc2)cc1. The predicted octanol–water partition coefficient (Wildman–Crippen LogP) is 3.69. The van der Waals surface area contributed by atoms with E-state index in [1.807, 2.05) is 66.7 Å². The highest BCUT2D eigenvalue weighted by Gasteiger charge is 2.28. The normalized spacial score (nSPS) is 13.6. The fourth-order valence-corrected chi connectivity index (χ4v) is 3.44. The van der Waals surface area contributed by atoms with Crippen molar-refractivity contribution in [2.45, 2.75) is 6.92 Å². The highest BCUT2D eigenvalue weighted by atomic mass is 16.2. The number of hydrogen-bond donors (Lipinski definition) is 4. The van der Waals surface area contributed by atoms with Gasteiger partial charge >= 0.3 is 0 Å². The van der Waals surface area contributed by atoms with Crippen molar-refractivity contribution in [3.63, 3.8) is 0 Å². The van der Waals surface area contributed by atoms with E-state index in [2.05, 4.69) is 21.3 Å². The Morgan fingerprint density at radius 3 is 2.12 bits per heavy atom. The number of anilines is 3. The molecule has 7 nitrogen and oxygen atoms in total. The Bertz CT molecular complexity index is 1200. The zero-order valence-electron chi connectivity index (χ0n) is 17.4. The number of carbonyl (C=O) groups is 3. The van der Waals surface area contributed by atoms with Crippen LogP contribution in [0.2, 0.25) is 0 Å². The molecular formula is C25H22N4O3. The van der Waals surface area contributed by atoms with Crippen molar-refractivity contribution in [3.8, 4) is 0 Å². The molecule has 3 aromatic carbocycles. The van der Waals surface area contributed by atoms with Gasteiger partial charge in [-0.1, -0.05) is 48.5 Å². The van der Waals surface area contributed by atoms with Crippen LogP contribution in [0.15, 0.2) is 78.9 Å². The quantitative estimate of drug-likeness (QED) is 0.452. The van der Waals surface area contributed by atoms with Gasteiger partial charge in [0.25, 0.3) is 5.91 Å². The largest absolute Gasteiger partial charge is 0.354 e. The van der Waals surface area contributed by atoms with Gasteiger partial charge in [0.2, 0.25) is 11.8 Å². The molecule has 0 saturated carbocycles. The zero-order chi connectivity index (χ0) is 22.5. The molecule has 0 fully saturated rings. The van der Waals surface area contributed by atoms with E-state index >= 15 is 0 Å². The smallest absolute Gasteiger partial charge is 0.258 e. The topological polar surface area (TPSA) is 99.3 Å². The first-order valence-corrected chi connectivity index (χ1v) is 10.1. The fourth-order valence-electron chi connectivity index (χ4n) is 3.44. The summed E-state index contributed by atoms with van der Waals surface area (Å²) in [4.78, 5) is 35.7. The maximum atomic E-state index is 12.8. The van der Waals surface area contributed by atoms with Crippen LogP contribution in [0.3, 0.4) is 0 Å². The van der Waals surface area contributed by atoms with E-state index in [1.165, 1.54) is 6.92 Å². The van der Waals surface area contributed by atoms with E-state index in [1.54, 1.807) is 12.1 Å². The molecule has 7 heteroatoms. The van der Waals surface area contributed by atoms with Crippen molar-refractivity contribution in [1.29, 1.82) is 0 Å². The molecule has 0 atom stereocenters. The second kappa shape index (κ2) is 9.18. The van der Waals surface area contributed by atoms with Gasteiger partial charge < -0.3 is 21.3 Å². The van der Waals surface area contributed by atoms with Crippen LogP contribution in [0.25, 0.3) is 11.3 Å². The second-order valence-corrected chi connectivity index (χ2v) is 7.28. The lowest BCUT2D eigenvalue weighted by atomic mass is 10.00. The van der Waals surface area contributed by atoms with Crippen LogP contribution in [0.4, 0.5) is 17.1 Å². The summed E-state index contributed by atoms with van der Waals surface area (Å²) in [5.41, 5.74) is 5.11. The van der Waals surface area contributed by atoms with E-state index in [9.17, 15) is 14.4 Å². The summed E-state index contributed by atoms with van der Waals surface area (Å²) in [7, 11) is 0. The maximum absolute atomic E-state index is 12.8. The fraction of sp³-hybridized carbons (Fsp3) is 0.0800. The lowest BCUT2D eigenvalue weighted by Crippen LogP contribution is -2.31. The number of nitrogens with one attached hydrogen (secondary N) is 4. The zero-order valence-corrected chi connectivity index (χ0v) is 17.4. The Hall–Kier alpha value is -4.39. The predicted molar refractivity (Wildman–Crippen MR) is 126 cm³/mol. The average Bonchev–Trinajstić information content (AvgIpc) is 3.13. The summed E-state index contributed by atoms with van der Waals surface area (Å²) < 4.78 is 0. The number of carbonyl (C=O) groups excluding carboxylic acids is 3. The van der Waals surface area contributed by atoms with Crippen LogP contribution in [0.1, 0.15) is 18.1 Å². The molecule has 0 bridgehead atoms. The molecule has 1 aliphatic heterocycles. The van der Waals surface area contributed by atoms with E-state index in [4.69, 9.17) is 0 Å². The van der Waals surface area contributed by atoms with Crippen molar-refractivity contribution in [2.24, 2.45) is 0 Å². The lowest BCUT2D eigenvalue weighted by molar-refractivity contribution is -0.122. The van der Waals surface area contributed by atoms with Gasteiger partial charge in [-0.25, -0.2) is 0 Å². The number of para-hydroxylation sites is 1. The van der Waals surface area contributed by atoms with E-state index in [0.29, 0.717) is 17.0 Å². The Labute approximate surface area is 185 Å². The summed E-state index contributed by atoms with van der Waals surface area (Å²) in [6.07, 6.45) is 0. The van der Waals surface area contributed by atoms with Gasteiger partial charge in [-0.3, -0.25) is 14.4 Å². The molecular weight excluding hydrogens is 404 g/mol. The van der Waals surface area contributed by atoms with Gasteiger partial charge in [0, 0.05) is 29.5 Å². The minimum Gasteiger partial charge on any atom is -0.354 e. The molecule has 1 aliphatic rings. The maximum Gasteiger partial charge on any atom is 0.258 e. The number of hydrogen-bond acceptors (Lipinski definition) is 4. The minimum atomic E-state index is -0.313. The highest BCUT2D eigenvalue weighted by molar-refractivity contribution is 6.37. The molecule has 4 rings (SSSR count). The van der Waals surface area contributed by atoms with Gasteiger partial charge in [0.05, 0.1) is 17.8 Å². The third-order valence-corrected chi connectivity index (χ3v) is 4.92. The summed E-state index contributed by atoms with van der Waals surface area (Å²) in [6.45, 7) is 1.27. The Kier molecular flexibility index (Phi) is 5.98. The molecule has 0 aromatic heterocycles. The first-order chi connectivity index (χ1) is 15.5. The summed E-state index contributed by atoms with van der Waals surface area (Å²) in [6, 6.07) is 24.4.